The number of rotatable bonds is 4. The number of nitrogens with one attached hydrogen (secondary N) is 1. The minimum atomic E-state index is 0.0917. The molecule has 1 aromatic heterocycles. The number of fused-ring (bicyclic) bond motifs is 1. The monoisotopic (exact) mass is 229 g/mol. The van der Waals surface area contributed by atoms with E-state index in [1.54, 1.807) is 0 Å². The molecule has 1 aromatic carbocycles. The summed E-state index contributed by atoms with van der Waals surface area (Å²) in [6, 6.07) is 8.09. The molecular weight excluding hydrogens is 210 g/mol. The first-order valence-electron chi connectivity index (χ1n) is 6.40. The first-order chi connectivity index (χ1) is 8.27. The molecule has 0 saturated carbocycles. The van der Waals surface area contributed by atoms with Crippen molar-refractivity contribution in [2.75, 3.05) is 0 Å². The van der Waals surface area contributed by atoms with Gasteiger partial charge in [-0.05, 0) is 24.5 Å². The Labute approximate surface area is 102 Å². The molecule has 0 fully saturated rings. The van der Waals surface area contributed by atoms with Gasteiger partial charge in [-0.3, -0.25) is 4.79 Å². The van der Waals surface area contributed by atoms with Crippen LogP contribution < -0.4 is 5.56 Å². The van der Waals surface area contributed by atoms with Gasteiger partial charge < -0.3 is 4.98 Å². The van der Waals surface area contributed by atoms with Crippen LogP contribution in [-0.4, -0.2) is 4.98 Å². The van der Waals surface area contributed by atoms with Crippen LogP contribution in [0.5, 0.6) is 0 Å². The van der Waals surface area contributed by atoms with Crippen LogP contribution in [0.4, 0.5) is 0 Å². The Morgan fingerprint density at radius 1 is 1.00 bits per heavy atom. The molecule has 2 heteroatoms. The highest BCUT2D eigenvalue weighted by Gasteiger charge is 2.10. The molecule has 0 aliphatic rings. The Morgan fingerprint density at radius 3 is 2.35 bits per heavy atom. The van der Waals surface area contributed by atoms with Crippen LogP contribution in [0.2, 0.25) is 0 Å². The molecule has 2 rings (SSSR count). The smallest absolute Gasteiger partial charge is 0.251 e. The van der Waals surface area contributed by atoms with Gasteiger partial charge >= 0.3 is 0 Å². The molecule has 0 aliphatic carbocycles. The van der Waals surface area contributed by atoms with Gasteiger partial charge in [0, 0.05) is 16.5 Å². The number of aryl methyl sites for hydroxylation is 1. The standard InChI is InChI=1S/C15H19NO/c1-3-7-11-12-9-5-6-10-14(12)16-15(17)13(11)8-4-2/h5-6,9-10H,3-4,7-8H2,1-2H3,(H,16,17). The average molecular weight is 229 g/mol. The Morgan fingerprint density at radius 2 is 1.65 bits per heavy atom. The Balaban J connectivity index is 2.73. The summed E-state index contributed by atoms with van der Waals surface area (Å²) >= 11 is 0. The molecule has 90 valence electrons. The van der Waals surface area contributed by atoms with E-state index in [1.807, 2.05) is 18.2 Å². The molecule has 0 saturated heterocycles. The van der Waals surface area contributed by atoms with E-state index < -0.39 is 0 Å². The molecule has 2 aromatic rings. The van der Waals surface area contributed by atoms with Crippen molar-refractivity contribution >= 4 is 10.9 Å². The number of H-pyrrole nitrogens is 1. The highest BCUT2D eigenvalue weighted by atomic mass is 16.1. The highest BCUT2D eigenvalue weighted by Crippen LogP contribution is 2.20. The van der Waals surface area contributed by atoms with E-state index in [1.165, 1.54) is 10.9 Å². The Kier molecular flexibility index (Phi) is 3.62. The fourth-order valence-corrected chi connectivity index (χ4v) is 2.40. The van der Waals surface area contributed by atoms with Gasteiger partial charge in [-0.25, -0.2) is 0 Å². The van der Waals surface area contributed by atoms with Crippen LogP contribution in [0.3, 0.4) is 0 Å². The second kappa shape index (κ2) is 5.17. The van der Waals surface area contributed by atoms with E-state index in [0.29, 0.717) is 0 Å². The maximum Gasteiger partial charge on any atom is 0.251 e. The molecule has 0 amide bonds. The van der Waals surface area contributed by atoms with Gasteiger partial charge in [0.15, 0.2) is 0 Å². The first kappa shape index (κ1) is 11.9. The zero-order valence-corrected chi connectivity index (χ0v) is 10.5. The van der Waals surface area contributed by atoms with Crippen LogP contribution in [-0.2, 0) is 12.8 Å². The van der Waals surface area contributed by atoms with E-state index in [4.69, 9.17) is 0 Å². The van der Waals surface area contributed by atoms with Crippen molar-refractivity contribution in [1.29, 1.82) is 0 Å². The van der Waals surface area contributed by atoms with Crippen molar-refractivity contribution in [3.8, 4) is 0 Å². The molecule has 0 radical (unpaired) electrons. The van der Waals surface area contributed by atoms with Gasteiger partial charge in [0.25, 0.3) is 5.56 Å². The fraction of sp³-hybridized carbons (Fsp3) is 0.400. The third kappa shape index (κ3) is 2.26. The predicted octanol–water partition coefficient (Wildman–Crippen LogP) is 3.43. The quantitative estimate of drug-likeness (QED) is 0.856. The third-order valence-corrected chi connectivity index (χ3v) is 3.14. The normalized spacial score (nSPS) is 10.9. The second-order valence-corrected chi connectivity index (χ2v) is 4.46. The molecule has 1 N–H and O–H groups in total. The van der Waals surface area contributed by atoms with Gasteiger partial charge in [-0.2, -0.15) is 0 Å². The summed E-state index contributed by atoms with van der Waals surface area (Å²) in [5.41, 5.74) is 3.27. The van der Waals surface area contributed by atoms with E-state index >= 15 is 0 Å². The third-order valence-electron chi connectivity index (χ3n) is 3.14. The summed E-state index contributed by atoms with van der Waals surface area (Å²) in [7, 11) is 0. The number of para-hydroxylation sites is 1. The summed E-state index contributed by atoms with van der Waals surface area (Å²) < 4.78 is 0. The number of aromatic nitrogens is 1. The van der Waals surface area contributed by atoms with E-state index in [0.717, 1.165) is 36.8 Å². The van der Waals surface area contributed by atoms with E-state index in [9.17, 15) is 4.79 Å². The van der Waals surface area contributed by atoms with Crippen molar-refractivity contribution < 1.29 is 0 Å². The second-order valence-electron chi connectivity index (χ2n) is 4.46. The lowest BCUT2D eigenvalue weighted by Crippen LogP contribution is -2.16. The molecule has 17 heavy (non-hydrogen) atoms. The number of aromatic amines is 1. The maximum absolute atomic E-state index is 12.1. The van der Waals surface area contributed by atoms with Gasteiger partial charge in [0.05, 0.1) is 0 Å². The van der Waals surface area contributed by atoms with Gasteiger partial charge in [0.2, 0.25) is 0 Å². The minimum Gasteiger partial charge on any atom is -0.322 e. The van der Waals surface area contributed by atoms with Crippen LogP contribution in [0.15, 0.2) is 29.1 Å². The summed E-state index contributed by atoms with van der Waals surface area (Å²) in [5.74, 6) is 0. The highest BCUT2D eigenvalue weighted by molar-refractivity contribution is 5.83. The van der Waals surface area contributed by atoms with Crippen molar-refractivity contribution in [1.82, 2.24) is 4.98 Å². The molecule has 1 heterocycles. The summed E-state index contributed by atoms with van der Waals surface area (Å²) in [6.07, 6.45) is 3.94. The van der Waals surface area contributed by atoms with Crippen molar-refractivity contribution in [2.45, 2.75) is 39.5 Å². The first-order valence-corrected chi connectivity index (χ1v) is 6.40. The topological polar surface area (TPSA) is 32.9 Å². The summed E-state index contributed by atoms with van der Waals surface area (Å²) in [6.45, 7) is 4.27. The maximum atomic E-state index is 12.1. The van der Waals surface area contributed by atoms with Crippen molar-refractivity contribution in [3.63, 3.8) is 0 Å². The largest absolute Gasteiger partial charge is 0.322 e. The van der Waals surface area contributed by atoms with Gasteiger partial charge in [-0.1, -0.05) is 44.9 Å². The summed E-state index contributed by atoms with van der Waals surface area (Å²) in [4.78, 5) is 15.0. The summed E-state index contributed by atoms with van der Waals surface area (Å²) in [5, 5.41) is 1.21. The SMILES string of the molecule is CCCc1c(CCC)c2ccccc2[nH]c1=O. The fourth-order valence-electron chi connectivity index (χ4n) is 2.40. The predicted molar refractivity (Wildman–Crippen MR) is 72.6 cm³/mol. The van der Waals surface area contributed by atoms with Crippen molar-refractivity contribution in [2.24, 2.45) is 0 Å². The Bertz CT molecular complexity index is 569. The lowest BCUT2D eigenvalue weighted by Gasteiger charge is -2.11. The average Bonchev–Trinajstić information content (AvgIpc) is 2.34. The van der Waals surface area contributed by atoms with Crippen molar-refractivity contribution in [3.05, 3.63) is 45.7 Å². The number of hydrogen-bond acceptors (Lipinski definition) is 1. The molecule has 0 aliphatic heterocycles. The van der Waals surface area contributed by atoms with Gasteiger partial charge in [0.1, 0.15) is 0 Å². The Hall–Kier alpha value is -1.57. The number of hydrogen-bond donors (Lipinski definition) is 1. The number of benzene rings is 1. The molecular formula is C15H19NO. The zero-order valence-electron chi connectivity index (χ0n) is 10.5. The van der Waals surface area contributed by atoms with Gasteiger partial charge in [-0.15, -0.1) is 0 Å². The van der Waals surface area contributed by atoms with Crippen LogP contribution in [0, 0.1) is 0 Å². The minimum absolute atomic E-state index is 0.0917. The lowest BCUT2D eigenvalue weighted by molar-refractivity contribution is 0.852. The molecule has 0 atom stereocenters. The van der Waals surface area contributed by atoms with Crippen LogP contribution in [0.1, 0.15) is 37.8 Å². The van der Waals surface area contributed by atoms with Crippen LogP contribution >= 0.6 is 0 Å². The number of pyridine rings is 1. The lowest BCUT2D eigenvalue weighted by atomic mass is 9.97. The molecule has 0 unspecified atom stereocenters. The van der Waals surface area contributed by atoms with Crippen LogP contribution in [0.25, 0.3) is 10.9 Å². The molecule has 0 bridgehead atoms. The van der Waals surface area contributed by atoms with E-state index in [-0.39, 0.29) is 5.56 Å². The van der Waals surface area contributed by atoms with E-state index in [2.05, 4.69) is 24.9 Å². The molecule has 2 nitrogen and oxygen atoms in total. The zero-order chi connectivity index (χ0) is 12.3. The molecule has 0 spiro atoms.